The summed E-state index contributed by atoms with van der Waals surface area (Å²) in [7, 11) is 3.01. The number of primary amides is 1. The van der Waals surface area contributed by atoms with Crippen LogP contribution in [0, 0.1) is 0 Å². The lowest BCUT2D eigenvalue weighted by molar-refractivity contribution is -0.168. The summed E-state index contributed by atoms with van der Waals surface area (Å²) >= 11 is 0. The molecule has 2 N–H and O–H groups in total. The second-order valence-corrected chi connectivity index (χ2v) is 3.05. The summed E-state index contributed by atoms with van der Waals surface area (Å²) in [6, 6.07) is 0. The molecule has 0 fully saturated rings. The van der Waals surface area contributed by atoms with Crippen LogP contribution in [0.15, 0.2) is 0 Å². The molecule has 0 saturated carbocycles. The van der Waals surface area contributed by atoms with Gasteiger partial charge in [0.1, 0.15) is 0 Å². The number of unbranched alkanes of at least 4 members (excludes halogenated alkanes) is 2. The molecule has 0 unspecified atom stereocenters. The van der Waals surface area contributed by atoms with Gasteiger partial charge in [-0.15, -0.1) is 0 Å². The van der Waals surface area contributed by atoms with E-state index < -0.39 is 6.09 Å². The van der Waals surface area contributed by atoms with E-state index in [-0.39, 0.29) is 5.91 Å². The number of amides is 2. The summed E-state index contributed by atoms with van der Waals surface area (Å²) in [5, 5.41) is 1.19. The van der Waals surface area contributed by atoms with Crippen LogP contribution in [0.25, 0.3) is 0 Å². The fourth-order valence-electron chi connectivity index (χ4n) is 0.987. The molecule has 0 rings (SSSR count). The van der Waals surface area contributed by atoms with Gasteiger partial charge >= 0.3 is 6.09 Å². The van der Waals surface area contributed by atoms with Crippen molar-refractivity contribution < 1.29 is 19.2 Å². The van der Waals surface area contributed by atoms with Crippen molar-refractivity contribution >= 4 is 12.0 Å². The lowest BCUT2D eigenvalue weighted by atomic mass is 10.2. The lowest BCUT2D eigenvalue weighted by Crippen LogP contribution is -2.24. The van der Waals surface area contributed by atoms with E-state index in [9.17, 15) is 9.59 Å². The zero-order valence-electron chi connectivity index (χ0n) is 9.19. The summed E-state index contributed by atoms with van der Waals surface area (Å²) in [6.45, 7) is 0.309. The zero-order chi connectivity index (χ0) is 11.7. The molecule has 6 heteroatoms. The quantitative estimate of drug-likeness (QED) is 0.502. The summed E-state index contributed by atoms with van der Waals surface area (Å²) in [5.41, 5.74) is 4.77. The largest absolute Gasteiger partial charge is 0.450 e. The second kappa shape index (κ2) is 8.05. The number of hydrogen-bond donors (Lipinski definition) is 1. The highest BCUT2D eigenvalue weighted by molar-refractivity contribution is 5.74. The number of carbonyl (C=O) groups is 2. The maximum Gasteiger partial charge on any atom is 0.404 e. The Morgan fingerprint density at radius 2 is 1.93 bits per heavy atom. The minimum Gasteiger partial charge on any atom is -0.450 e. The van der Waals surface area contributed by atoms with Crippen molar-refractivity contribution in [2.75, 3.05) is 20.8 Å². The van der Waals surface area contributed by atoms with Gasteiger partial charge in [0.25, 0.3) is 0 Å². The maximum atomic E-state index is 11.2. The number of nitrogens with two attached hydrogens (primary N) is 1. The van der Waals surface area contributed by atoms with Gasteiger partial charge in [-0.2, -0.15) is 0 Å². The third kappa shape index (κ3) is 7.75. The van der Waals surface area contributed by atoms with Gasteiger partial charge in [0.05, 0.1) is 13.7 Å². The lowest BCUT2D eigenvalue weighted by Gasteiger charge is -2.12. The van der Waals surface area contributed by atoms with Gasteiger partial charge in [0.15, 0.2) is 0 Å². The van der Waals surface area contributed by atoms with Gasteiger partial charge in [0, 0.05) is 13.5 Å². The molecule has 0 aliphatic heterocycles. The van der Waals surface area contributed by atoms with Crippen LogP contribution in [0.4, 0.5) is 4.79 Å². The van der Waals surface area contributed by atoms with E-state index in [1.165, 1.54) is 12.2 Å². The van der Waals surface area contributed by atoms with E-state index >= 15 is 0 Å². The van der Waals surface area contributed by atoms with Gasteiger partial charge in [-0.1, -0.05) is 0 Å². The SMILES string of the molecule is CON(C)C(=O)CCCCCOC(N)=O. The maximum absolute atomic E-state index is 11.2. The van der Waals surface area contributed by atoms with Crippen LogP contribution in [0.2, 0.25) is 0 Å². The molecule has 0 radical (unpaired) electrons. The zero-order valence-corrected chi connectivity index (χ0v) is 9.19. The number of hydrogen-bond acceptors (Lipinski definition) is 4. The number of nitrogens with zero attached hydrogens (tertiary/aromatic N) is 1. The van der Waals surface area contributed by atoms with Crippen molar-refractivity contribution in [2.24, 2.45) is 5.73 Å². The molecule has 0 spiro atoms. The summed E-state index contributed by atoms with van der Waals surface area (Å²) in [4.78, 5) is 26.1. The first-order valence-corrected chi connectivity index (χ1v) is 4.80. The van der Waals surface area contributed by atoms with Crippen molar-refractivity contribution in [3.8, 4) is 0 Å². The Bertz CT molecular complexity index is 208. The van der Waals surface area contributed by atoms with Gasteiger partial charge in [-0.25, -0.2) is 9.86 Å². The molecule has 0 aromatic carbocycles. The standard InChI is InChI=1S/C9H18N2O4/c1-11(14-2)8(12)6-4-3-5-7-15-9(10)13/h3-7H2,1-2H3,(H2,10,13). The minimum absolute atomic E-state index is 0.0617. The first-order chi connectivity index (χ1) is 7.07. The van der Waals surface area contributed by atoms with Crippen molar-refractivity contribution in [1.29, 1.82) is 0 Å². The van der Waals surface area contributed by atoms with E-state index in [1.807, 2.05) is 0 Å². The van der Waals surface area contributed by atoms with Gasteiger partial charge in [-0.05, 0) is 19.3 Å². The van der Waals surface area contributed by atoms with E-state index in [4.69, 9.17) is 10.6 Å². The molecule has 15 heavy (non-hydrogen) atoms. The molecule has 0 atom stereocenters. The van der Waals surface area contributed by atoms with Gasteiger partial charge in [0.2, 0.25) is 5.91 Å². The Morgan fingerprint density at radius 3 is 2.47 bits per heavy atom. The molecule has 2 amide bonds. The molecule has 0 aliphatic carbocycles. The van der Waals surface area contributed by atoms with Crippen LogP contribution >= 0.6 is 0 Å². The van der Waals surface area contributed by atoms with Crippen LogP contribution in [-0.2, 0) is 14.4 Å². The van der Waals surface area contributed by atoms with Crippen LogP contribution < -0.4 is 5.73 Å². The molecule has 0 aliphatic rings. The number of rotatable bonds is 7. The van der Waals surface area contributed by atoms with Gasteiger partial charge < -0.3 is 10.5 Å². The molecule has 0 saturated heterocycles. The smallest absolute Gasteiger partial charge is 0.404 e. The molecule has 6 nitrogen and oxygen atoms in total. The van der Waals surface area contributed by atoms with Gasteiger partial charge in [-0.3, -0.25) is 9.63 Å². The van der Waals surface area contributed by atoms with Crippen molar-refractivity contribution in [1.82, 2.24) is 5.06 Å². The highest BCUT2D eigenvalue weighted by Crippen LogP contribution is 2.02. The fourth-order valence-corrected chi connectivity index (χ4v) is 0.987. The van der Waals surface area contributed by atoms with Crippen molar-refractivity contribution in [2.45, 2.75) is 25.7 Å². The Labute approximate surface area is 89.3 Å². The van der Waals surface area contributed by atoms with E-state index in [2.05, 4.69) is 4.74 Å². The normalized spacial score (nSPS) is 9.73. The molecule has 0 aromatic heterocycles. The summed E-state index contributed by atoms with van der Waals surface area (Å²) < 4.78 is 4.54. The predicted octanol–water partition coefficient (Wildman–Crippen LogP) is 0.662. The first kappa shape index (κ1) is 13.7. The summed E-state index contributed by atoms with van der Waals surface area (Å²) in [6.07, 6.45) is 1.95. The molecule has 0 bridgehead atoms. The number of carbonyl (C=O) groups excluding carboxylic acids is 2. The molecule has 0 heterocycles. The minimum atomic E-state index is -0.759. The Balaban J connectivity index is 3.31. The van der Waals surface area contributed by atoms with Crippen LogP contribution in [0.3, 0.4) is 0 Å². The highest BCUT2D eigenvalue weighted by Gasteiger charge is 2.06. The topological polar surface area (TPSA) is 81.9 Å². The predicted molar refractivity (Wildman–Crippen MR) is 53.8 cm³/mol. The molecule has 88 valence electrons. The average Bonchev–Trinajstić information content (AvgIpc) is 2.21. The average molecular weight is 218 g/mol. The fraction of sp³-hybridized carbons (Fsp3) is 0.778. The monoisotopic (exact) mass is 218 g/mol. The second-order valence-electron chi connectivity index (χ2n) is 3.05. The third-order valence-electron chi connectivity index (χ3n) is 1.90. The van der Waals surface area contributed by atoms with Crippen LogP contribution in [-0.4, -0.2) is 37.8 Å². The number of ether oxygens (including phenoxy) is 1. The third-order valence-corrected chi connectivity index (χ3v) is 1.90. The first-order valence-electron chi connectivity index (χ1n) is 4.80. The Hall–Kier alpha value is -1.30. The Kier molecular flexibility index (Phi) is 7.35. The van der Waals surface area contributed by atoms with Crippen molar-refractivity contribution in [3.63, 3.8) is 0 Å². The van der Waals surface area contributed by atoms with Crippen LogP contribution in [0.1, 0.15) is 25.7 Å². The highest BCUT2D eigenvalue weighted by atomic mass is 16.7. The van der Waals surface area contributed by atoms with E-state index in [1.54, 1.807) is 7.05 Å². The molecule has 0 aromatic rings. The summed E-state index contributed by atoms with van der Waals surface area (Å²) in [5.74, 6) is -0.0617. The van der Waals surface area contributed by atoms with Crippen LogP contribution in [0.5, 0.6) is 0 Å². The number of hydroxylamine groups is 2. The van der Waals surface area contributed by atoms with E-state index in [0.29, 0.717) is 19.4 Å². The Morgan fingerprint density at radius 1 is 1.27 bits per heavy atom. The van der Waals surface area contributed by atoms with E-state index in [0.717, 1.165) is 12.8 Å². The molecular weight excluding hydrogens is 200 g/mol. The van der Waals surface area contributed by atoms with Crippen molar-refractivity contribution in [3.05, 3.63) is 0 Å². The molecular formula is C9H18N2O4.